The van der Waals surface area contributed by atoms with Crippen LogP contribution < -0.4 is 0 Å². The van der Waals surface area contributed by atoms with Crippen molar-refractivity contribution in [3.63, 3.8) is 0 Å². The molecule has 82 valence electrons. The van der Waals surface area contributed by atoms with Crippen LogP contribution in [0.5, 0.6) is 0 Å². The fourth-order valence-electron chi connectivity index (χ4n) is 1.87. The predicted molar refractivity (Wildman–Crippen MR) is 59.8 cm³/mol. The normalized spacial score (nSPS) is 17.9. The number of hydrogen-bond acceptors (Lipinski definition) is 2. The smallest absolute Gasteiger partial charge is 0.157 e. The first kappa shape index (κ1) is 10.7. The van der Waals surface area contributed by atoms with E-state index in [2.05, 4.69) is 31.2 Å². The van der Waals surface area contributed by atoms with Gasteiger partial charge in [-0.25, -0.2) is 0 Å². The Labute approximate surface area is 91.2 Å². The predicted octanol–water partition coefficient (Wildman–Crippen LogP) is 2.69. The molecular weight excluding hydrogens is 188 g/mol. The van der Waals surface area contributed by atoms with E-state index >= 15 is 0 Å². The molecule has 0 N–H and O–H groups in total. The first-order valence-corrected chi connectivity index (χ1v) is 5.64. The highest BCUT2D eigenvalue weighted by Gasteiger charge is 2.13. The fraction of sp³-hybridized carbons (Fsp3) is 0.538. The SMILES string of the molecule is Cc1ccccc1CCC1OCCCO1. The molecule has 1 saturated heterocycles. The molecule has 15 heavy (non-hydrogen) atoms. The molecular formula is C13H18O2. The van der Waals surface area contributed by atoms with Gasteiger partial charge in [0.05, 0.1) is 13.2 Å². The molecule has 0 atom stereocenters. The Kier molecular flexibility index (Phi) is 3.75. The van der Waals surface area contributed by atoms with Crippen LogP contribution in [0.3, 0.4) is 0 Å². The summed E-state index contributed by atoms with van der Waals surface area (Å²) in [6, 6.07) is 8.49. The molecule has 0 aromatic heterocycles. The lowest BCUT2D eigenvalue weighted by molar-refractivity contribution is -0.180. The van der Waals surface area contributed by atoms with Gasteiger partial charge in [0.25, 0.3) is 0 Å². The van der Waals surface area contributed by atoms with E-state index in [9.17, 15) is 0 Å². The standard InChI is InChI=1S/C13H18O2/c1-11-5-2-3-6-12(11)7-8-13-14-9-4-10-15-13/h2-3,5-6,13H,4,7-10H2,1H3. The van der Waals surface area contributed by atoms with Crippen LogP contribution in [0.25, 0.3) is 0 Å². The highest BCUT2D eigenvalue weighted by atomic mass is 16.7. The number of hydrogen-bond donors (Lipinski definition) is 0. The molecule has 1 heterocycles. The molecule has 2 nitrogen and oxygen atoms in total. The van der Waals surface area contributed by atoms with Gasteiger partial charge in [-0.1, -0.05) is 24.3 Å². The van der Waals surface area contributed by atoms with E-state index in [4.69, 9.17) is 9.47 Å². The number of benzene rings is 1. The minimum absolute atomic E-state index is 0.0124. The highest BCUT2D eigenvalue weighted by molar-refractivity contribution is 5.25. The van der Waals surface area contributed by atoms with Crippen LogP contribution in [0.15, 0.2) is 24.3 Å². The van der Waals surface area contributed by atoms with Gasteiger partial charge < -0.3 is 9.47 Å². The molecule has 0 bridgehead atoms. The lowest BCUT2D eigenvalue weighted by Crippen LogP contribution is -2.25. The van der Waals surface area contributed by atoms with E-state index in [0.29, 0.717) is 0 Å². The van der Waals surface area contributed by atoms with Crippen molar-refractivity contribution in [2.45, 2.75) is 32.5 Å². The zero-order valence-electron chi connectivity index (χ0n) is 9.24. The maximum Gasteiger partial charge on any atom is 0.157 e. The number of ether oxygens (including phenoxy) is 2. The van der Waals surface area contributed by atoms with Crippen molar-refractivity contribution >= 4 is 0 Å². The maximum absolute atomic E-state index is 5.52. The van der Waals surface area contributed by atoms with Gasteiger partial charge in [-0.15, -0.1) is 0 Å². The second kappa shape index (κ2) is 5.29. The molecule has 2 rings (SSSR count). The Bertz CT molecular complexity index is 303. The second-order valence-corrected chi connectivity index (χ2v) is 3.99. The Morgan fingerprint density at radius 3 is 2.67 bits per heavy atom. The largest absolute Gasteiger partial charge is 0.353 e. The summed E-state index contributed by atoms with van der Waals surface area (Å²) in [4.78, 5) is 0. The van der Waals surface area contributed by atoms with E-state index in [-0.39, 0.29) is 6.29 Å². The third-order valence-electron chi connectivity index (χ3n) is 2.81. The van der Waals surface area contributed by atoms with Crippen LogP contribution in [-0.4, -0.2) is 19.5 Å². The van der Waals surface area contributed by atoms with Gasteiger partial charge in [0.1, 0.15) is 0 Å². The molecule has 1 fully saturated rings. The molecule has 1 aliphatic rings. The van der Waals surface area contributed by atoms with Gasteiger partial charge in [0.15, 0.2) is 6.29 Å². The van der Waals surface area contributed by atoms with Crippen molar-refractivity contribution in [2.24, 2.45) is 0 Å². The summed E-state index contributed by atoms with van der Waals surface area (Å²) in [5.41, 5.74) is 2.75. The quantitative estimate of drug-likeness (QED) is 0.757. The molecule has 0 amide bonds. The summed E-state index contributed by atoms with van der Waals surface area (Å²) in [5.74, 6) is 0. The van der Waals surface area contributed by atoms with Crippen LogP contribution in [-0.2, 0) is 15.9 Å². The lowest BCUT2D eigenvalue weighted by atomic mass is 10.0. The van der Waals surface area contributed by atoms with Crippen molar-refractivity contribution in [1.82, 2.24) is 0 Å². The minimum Gasteiger partial charge on any atom is -0.353 e. The van der Waals surface area contributed by atoms with Gasteiger partial charge >= 0.3 is 0 Å². The number of aryl methyl sites for hydroxylation is 2. The molecule has 1 aromatic rings. The Balaban J connectivity index is 1.84. The third kappa shape index (κ3) is 3.05. The second-order valence-electron chi connectivity index (χ2n) is 3.99. The topological polar surface area (TPSA) is 18.5 Å². The maximum atomic E-state index is 5.52. The van der Waals surface area contributed by atoms with Crippen molar-refractivity contribution in [3.8, 4) is 0 Å². The highest BCUT2D eigenvalue weighted by Crippen LogP contribution is 2.14. The van der Waals surface area contributed by atoms with E-state index in [0.717, 1.165) is 32.5 Å². The number of rotatable bonds is 3. The van der Waals surface area contributed by atoms with Crippen LogP contribution >= 0.6 is 0 Å². The summed E-state index contributed by atoms with van der Waals surface area (Å²) >= 11 is 0. The van der Waals surface area contributed by atoms with Gasteiger partial charge in [-0.2, -0.15) is 0 Å². The van der Waals surface area contributed by atoms with Crippen LogP contribution in [0.1, 0.15) is 24.0 Å². The van der Waals surface area contributed by atoms with Crippen LogP contribution in [0.2, 0.25) is 0 Å². The summed E-state index contributed by atoms with van der Waals surface area (Å²) in [6.07, 6.45) is 3.04. The Hall–Kier alpha value is -0.860. The Morgan fingerprint density at radius 1 is 1.20 bits per heavy atom. The monoisotopic (exact) mass is 206 g/mol. The molecule has 2 heteroatoms. The lowest BCUT2D eigenvalue weighted by Gasteiger charge is -2.23. The molecule has 1 aromatic carbocycles. The first-order valence-electron chi connectivity index (χ1n) is 5.64. The molecule has 0 aliphatic carbocycles. The van der Waals surface area contributed by atoms with E-state index < -0.39 is 0 Å². The average molecular weight is 206 g/mol. The van der Waals surface area contributed by atoms with Crippen molar-refractivity contribution in [3.05, 3.63) is 35.4 Å². The zero-order valence-corrected chi connectivity index (χ0v) is 9.24. The van der Waals surface area contributed by atoms with Crippen molar-refractivity contribution in [2.75, 3.05) is 13.2 Å². The van der Waals surface area contributed by atoms with Gasteiger partial charge in [0, 0.05) is 6.42 Å². The molecule has 0 radical (unpaired) electrons. The van der Waals surface area contributed by atoms with Gasteiger partial charge in [0.2, 0.25) is 0 Å². The Morgan fingerprint density at radius 2 is 1.93 bits per heavy atom. The van der Waals surface area contributed by atoms with Crippen LogP contribution in [0, 0.1) is 6.92 Å². The average Bonchev–Trinajstić information content (AvgIpc) is 2.29. The van der Waals surface area contributed by atoms with Gasteiger partial charge in [-0.05, 0) is 30.9 Å². The summed E-state index contributed by atoms with van der Waals surface area (Å²) < 4.78 is 11.0. The molecule has 0 saturated carbocycles. The van der Waals surface area contributed by atoms with E-state index in [1.165, 1.54) is 11.1 Å². The summed E-state index contributed by atoms with van der Waals surface area (Å²) in [5, 5.41) is 0. The first-order chi connectivity index (χ1) is 7.36. The minimum atomic E-state index is 0.0124. The fourth-order valence-corrected chi connectivity index (χ4v) is 1.87. The van der Waals surface area contributed by atoms with Crippen LogP contribution in [0.4, 0.5) is 0 Å². The third-order valence-corrected chi connectivity index (χ3v) is 2.81. The van der Waals surface area contributed by atoms with Crippen molar-refractivity contribution < 1.29 is 9.47 Å². The van der Waals surface area contributed by atoms with Crippen molar-refractivity contribution in [1.29, 1.82) is 0 Å². The summed E-state index contributed by atoms with van der Waals surface area (Å²) in [6.45, 7) is 3.84. The molecule has 0 spiro atoms. The van der Waals surface area contributed by atoms with E-state index in [1.807, 2.05) is 0 Å². The zero-order chi connectivity index (χ0) is 10.5. The van der Waals surface area contributed by atoms with E-state index in [1.54, 1.807) is 0 Å². The molecule has 0 unspecified atom stereocenters. The summed E-state index contributed by atoms with van der Waals surface area (Å²) in [7, 11) is 0. The van der Waals surface area contributed by atoms with Gasteiger partial charge in [-0.3, -0.25) is 0 Å². The molecule has 1 aliphatic heterocycles.